The first-order chi connectivity index (χ1) is 15.5. The fourth-order valence-corrected chi connectivity index (χ4v) is 4.97. The van der Waals surface area contributed by atoms with Gasteiger partial charge in [0.25, 0.3) is 0 Å². The Morgan fingerprint density at radius 2 is 2.25 bits per heavy atom. The van der Waals surface area contributed by atoms with Gasteiger partial charge in [-0.2, -0.15) is 5.26 Å². The summed E-state index contributed by atoms with van der Waals surface area (Å²) in [5.41, 5.74) is 1.78. The van der Waals surface area contributed by atoms with Crippen molar-refractivity contribution in [3.63, 3.8) is 0 Å². The van der Waals surface area contributed by atoms with Crippen molar-refractivity contribution in [2.75, 3.05) is 31.2 Å². The lowest BCUT2D eigenvalue weighted by atomic mass is 9.87. The van der Waals surface area contributed by atoms with Gasteiger partial charge in [0.2, 0.25) is 5.91 Å². The number of fused-ring (bicyclic) bond motifs is 1. The van der Waals surface area contributed by atoms with Crippen LogP contribution in [0, 0.1) is 29.0 Å². The van der Waals surface area contributed by atoms with E-state index >= 15 is 4.39 Å². The summed E-state index contributed by atoms with van der Waals surface area (Å²) in [4.78, 5) is 28.9. The second-order valence-electron chi connectivity index (χ2n) is 8.41. The summed E-state index contributed by atoms with van der Waals surface area (Å²) in [7, 11) is 0. The molecule has 3 fully saturated rings. The molecular weight excluding hydrogens is 415 g/mol. The van der Waals surface area contributed by atoms with E-state index in [0.717, 1.165) is 5.56 Å². The lowest BCUT2D eigenvalue weighted by Gasteiger charge is -2.19. The number of hydrogen-bond acceptors (Lipinski definition) is 6. The third-order valence-electron chi connectivity index (χ3n) is 6.62. The number of ether oxygens (including phenoxy) is 2. The summed E-state index contributed by atoms with van der Waals surface area (Å²) in [5.74, 6) is -0.766. The van der Waals surface area contributed by atoms with Crippen LogP contribution in [-0.4, -0.2) is 49.4 Å². The van der Waals surface area contributed by atoms with Crippen LogP contribution in [0.4, 0.5) is 14.9 Å². The van der Waals surface area contributed by atoms with Gasteiger partial charge in [0.05, 0.1) is 44.0 Å². The Morgan fingerprint density at radius 3 is 2.97 bits per heavy atom. The third-order valence-corrected chi connectivity index (χ3v) is 6.62. The van der Waals surface area contributed by atoms with E-state index in [-0.39, 0.29) is 30.8 Å². The van der Waals surface area contributed by atoms with Crippen LogP contribution < -0.4 is 10.2 Å². The summed E-state index contributed by atoms with van der Waals surface area (Å²) in [5, 5.41) is 12.2. The number of rotatable bonds is 5. The molecule has 1 aromatic heterocycles. The van der Waals surface area contributed by atoms with Gasteiger partial charge in [-0.15, -0.1) is 0 Å². The average molecular weight is 436 g/mol. The van der Waals surface area contributed by atoms with E-state index in [1.54, 1.807) is 24.5 Å². The fraction of sp³-hybridized carbons (Fsp3) is 0.391. The predicted octanol–water partition coefficient (Wildman–Crippen LogP) is 2.39. The Morgan fingerprint density at radius 1 is 1.41 bits per heavy atom. The molecule has 0 radical (unpaired) electrons. The van der Waals surface area contributed by atoms with E-state index < -0.39 is 23.4 Å². The van der Waals surface area contributed by atoms with Crippen LogP contribution in [0.15, 0.2) is 36.7 Å². The van der Waals surface area contributed by atoms with Crippen molar-refractivity contribution in [1.29, 1.82) is 5.26 Å². The van der Waals surface area contributed by atoms with Crippen LogP contribution in [0.1, 0.15) is 12.5 Å². The van der Waals surface area contributed by atoms with E-state index in [9.17, 15) is 14.9 Å². The Hall–Kier alpha value is -3.51. The SMILES string of the molecule is CC(=O)NC[C@H]1CN(c2ccc(-c3cnccc3[C@]34COC[C@H]3[C@H]4C#N)c(F)c2)C(=O)O1. The first-order valence-corrected chi connectivity index (χ1v) is 10.4. The number of carbonyl (C=O) groups excluding carboxylic acids is 2. The highest BCUT2D eigenvalue weighted by Gasteiger charge is 2.70. The molecule has 1 aromatic carbocycles. The van der Waals surface area contributed by atoms with E-state index in [2.05, 4.69) is 16.4 Å². The van der Waals surface area contributed by atoms with Gasteiger partial charge in [-0.3, -0.25) is 14.7 Å². The molecule has 2 amide bonds. The molecular formula is C23H21FN4O4. The molecule has 5 rings (SSSR count). The van der Waals surface area contributed by atoms with Crippen LogP contribution in [0.3, 0.4) is 0 Å². The maximum atomic E-state index is 15.3. The standard InChI is InChI=1S/C23H21FN4O4/c1-13(29)27-8-15-10-28(22(30)32-15)14-2-3-16(21(24)6-14)17-9-26-5-4-18(17)23-12-31-11-20(23)19(23)7-25/h2-6,9,15,19-20H,8,10-12H2,1H3,(H,27,29)/t15-,19+,20-,23-/m0/s1. The highest BCUT2D eigenvalue weighted by Crippen LogP contribution is 2.64. The number of halogens is 1. The van der Waals surface area contributed by atoms with Crippen molar-refractivity contribution in [3.05, 3.63) is 48.0 Å². The van der Waals surface area contributed by atoms with Crippen LogP contribution in [-0.2, 0) is 19.7 Å². The zero-order chi connectivity index (χ0) is 22.5. The Labute approximate surface area is 183 Å². The number of aromatic nitrogens is 1. The molecule has 2 saturated heterocycles. The van der Waals surface area contributed by atoms with Crippen molar-refractivity contribution in [2.45, 2.75) is 18.4 Å². The minimum absolute atomic E-state index is 0.107. The predicted molar refractivity (Wildman–Crippen MR) is 111 cm³/mol. The molecule has 2 aromatic rings. The molecule has 9 heteroatoms. The van der Waals surface area contributed by atoms with Crippen LogP contribution in [0.25, 0.3) is 11.1 Å². The molecule has 164 valence electrons. The Kier molecular flexibility index (Phi) is 4.82. The van der Waals surface area contributed by atoms with Crippen molar-refractivity contribution >= 4 is 17.7 Å². The molecule has 3 aliphatic rings. The quantitative estimate of drug-likeness (QED) is 0.772. The average Bonchev–Trinajstić information content (AvgIpc) is 3.04. The van der Waals surface area contributed by atoms with Gasteiger partial charge < -0.3 is 14.8 Å². The molecule has 1 N–H and O–H groups in total. The maximum absolute atomic E-state index is 15.3. The highest BCUT2D eigenvalue weighted by atomic mass is 19.1. The van der Waals surface area contributed by atoms with Gasteiger partial charge in [0, 0.05) is 41.8 Å². The van der Waals surface area contributed by atoms with Crippen molar-refractivity contribution in [3.8, 4) is 17.2 Å². The number of nitriles is 1. The molecule has 4 atom stereocenters. The van der Waals surface area contributed by atoms with Crippen molar-refractivity contribution < 1.29 is 23.5 Å². The van der Waals surface area contributed by atoms with Crippen LogP contribution in [0.5, 0.6) is 0 Å². The molecule has 0 unspecified atom stereocenters. The zero-order valence-corrected chi connectivity index (χ0v) is 17.4. The molecule has 32 heavy (non-hydrogen) atoms. The lowest BCUT2D eigenvalue weighted by Crippen LogP contribution is -2.33. The first-order valence-electron chi connectivity index (χ1n) is 10.4. The number of anilines is 1. The number of pyridine rings is 1. The van der Waals surface area contributed by atoms with Gasteiger partial charge in [0.15, 0.2) is 0 Å². The summed E-state index contributed by atoms with van der Waals surface area (Å²) in [6.07, 6.45) is 2.17. The summed E-state index contributed by atoms with van der Waals surface area (Å²) in [6.45, 7) is 2.75. The van der Waals surface area contributed by atoms with E-state index in [1.165, 1.54) is 17.9 Å². The number of carbonyl (C=O) groups is 2. The Balaban J connectivity index is 1.43. The smallest absolute Gasteiger partial charge is 0.414 e. The molecule has 2 aliphatic heterocycles. The van der Waals surface area contributed by atoms with E-state index in [4.69, 9.17) is 9.47 Å². The fourth-order valence-electron chi connectivity index (χ4n) is 4.97. The molecule has 0 spiro atoms. The number of benzene rings is 1. The zero-order valence-electron chi connectivity index (χ0n) is 17.4. The normalized spacial score (nSPS) is 28.1. The second-order valence-corrected chi connectivity index (χ2v) is 8.41. The van der Waals surface area contributed by atoms with Crippen LogP contribution >= 0.6 is 0 Å². The molecule has 3 heterocycles. The van der Waals surface area contributed by atoms with Crippen molar-refractivity contribution in [2.24, 2.45) is 11.8 Å². The molecule has 1 saturated carbocycles. The third kappa shape index (κ3) is 3.10. The minimum Gasteiger partial charge on any atom is -0.442 e. The second kappa shape index (κ2) is 7.57. The minimum atomic E-state index is -0.589. The number of amides is 2. The lowest BCUT2D eigenvalue weighted by molar-refractivity contribution is -0.119. The topological polar surface area (TPSA) is 105 Å². The first kappa shape index (κ1) is 20.4. The van der Waals surface area contributed by atoms with Crippen LogP contribution in [0.2, 0.25) is 0 Å². The number of nitrogens with zero attached hydrogens (tertiary/aromatic N) is 3. The highest BCUT2D eigenvalue weighted by molar-refractivity contribution is 5.90. The van der Waals surface area contributed by atoms with E-state index in [0.29, 0.717) is 30.0 Å². The molecule has 0 bridgehead atoms. The van der Waals surface area contributed by atoms with Gasteiger partial charge in [-0.05, 0) is 29.8 Å². The monoisotopic (exact) mass is 436 g/mol. The van der Waals surface area contributed by atoms with E-state index in [1.807, 2.05) is 6.07 Å². The summed E-state index contributed by atoms with van der Waals surface area (Å²) in [6, 6.07) is 8.78. The van der Waals surface area contributed by atoms with Gasteiger partial charge >= 0.3 is 6.09 Å². The van der Waals surface area contributed by atoms with Gasteiger partial charge in [0.1, 0.15) is 11.9 Å². The van der Waals surface area contributed by atoms with Gasteiger partial charge in [-0.1, -0.05) is 0 Å². The maximum Gasteiger partial charge on any atom is 0.414 e. The summed E-state index contributed by atoms with van der Waals surface area (Å²) < 4.78 is 26.2. The Bertz CT molecular complexity index is 1150. The number of cyclic esters (lactones) is 1. The molecule has 1 aliphatic carbocycles. The largest absolute Gasteiger partial charge is 0.442 e. The molecule has 8 nitrogen and oxygen atoms in total. The number of hydrogen-bond donors (Lipinski definition) is 1. The van der Waals surface area contributed by atoms with Crippen molar-refractivity contribution in [1.82, 2.24) is 10.3 Å². The number of nitrogens with one attached hydrogen (secondary N) is 1. The van der Waals surface area contributed by atoms with Gasteiger partial charge in [-0.25, -0.2) is 9.18 Å². The summed E-state index contributed by atoms with van der Waals surface area (Å²) >= 11 is 0.